The highest BCUT2D eigenvalue weighted by Gasteiger charge is 2.07. The molecule has 0 atom stereocenters. The molecule has 0 radical (unpaired) electrons. The van der Waals surface area contributed by atoms with Gasteiger partial charge in [0.25, 0.3) is 5.91 Å². The van der Waals surface area contributed by atoms with Crippen molar-refractivity contribution in [3.8, 4) is 0 Å². The van der Waals surface area contributed by atoms with E-state index < -0.39 is 0 Å². The zero-order chi connectivity index (χ0) is 14.5. The first-order valence-corrected chi connectivity index (χ1v) is 6.72. The Morgan fingerprint density at radius 3 is 2.55 bits per heavy atom. The Morgan fingerprint density at radius 2 is 1.90 bits per heavy atom. The molecule has 0 spiro atoms. The maximum absolute atomic E-state index is 12.1. The zero-order valence-electron chi connectivity index (χ0n) is 12.2. The SMILES string of the molecule is CNc1ccc(C(=O)NCc2cccc(C)c2)cc1C. The molecule has 2 rings (SSSR count). The van der Waals surface area contributed by atoms with Crippen molar-refractivity contribution >= 4 is 11.6 Å². The molecule has 0 fully saturated rings. The van der Waals surface area contributed by atoms with Crippen LogP contribution in [-0.4, -0.2) is 13.0 Å². The summed E-state index contributed by atoms with van der Waals surface area (Å²) in [6.45, 7) is 4.58. The molecule has 2 N–H and O–H groups in total. The fourth-order valence-electron chi connectivity index (χ4n) is 2.19. The normalized spacial score (nSPS) is 10.2. The van der Waals surface area contributed by atoms with E-state index in [0.29, 0.717) is 12.1 Å². The van der Waals surface area contributed by atoms with Gasteiger partial charge in [-0.15, -0.1) is 0 Å². The van der Waals surface area contributed by atoms with Crippen LogP contribution in [0.1, 0.15) is 27.0 Å². The van der Waals surface area contributed by atoms with E-state index in [2.05, 4.69) is 16.7 Å². The van der Waals surface area contributed by atoms with E-state index in [1.54, 1.807) is 0 Å². The standard InChI is InChI=1S/C17H20N2O/c1-12-5-4-6-14(9-12)11-19-17(20)15-7-8-16(18-3)13(2)10-15/h4-10,18H,11H2,1-3H3,(H,19,20). The van der Waals surface area contributed by atoms with Gasteiger partial charge in [-0.3, -0.25) is 4.79 Å². The molecule has 3 heteroatoms. The number of benzene rings is 2. The van der Waals surface area contributed by atoms with Gasteiger partial charge in [0.2, 0.25) is 0 Å². The van der Waals surface area contributed by atoms with Crippen molar-refractivity contribution in [2.24, 2.45) is 0 Å². The molecule has 0 aliphatic heterocycles. The minimum absolute atomic E-state index is 0.0442. The maximum Gasteiger partial charge on any atom is 0.251 e. The van der Waals surface area contributed by atoms with Gasteiger partial charge in [0.1, 0.15) is 0 Å². The van der Waals surface area contributed by atoms with Crippen LogP contribution < -0.4 is 10.6 Å². The summed E-state index contributed by atoms with van der Waals surface area (Å²) < 4.78 is 0. The second-order valence-corrected chi connectivity index (χ2v) is 4.95. The van der Waals surface area contributed by atoms with Crippen LogP contribution in [0.4, 0.5) is 5.69 Å². The first kappa shape index (κ1) is 14.1. The third-order valence-corrected chi connectivity index (χ3v) is 3.29. The Morgan fingerprint density at radius 1 is 1.10 bits per heavy atom. The summed E-state index contributed by atoms with van der Waals surface area (Å²) in [5.74, 6) is -0.0442. The van der Waals surface area contributed by atoms with Crippen molar-refractivity contribution in [1.29, 1.82) is 0 Å². The average molecular weight is 268 g/mol. The van der Waals surface area contributed by atoms with Crippen LogP contribution in [0.5, 0.6) is 0 Å². The molecule has 1 amide bonds. The number of hydrogen-bond donors (Lipinski definition) is 2. The van der Waals surface area contributed by atoms with E-state index in [0.717, 1.165) is 16.8 Å². The fourth-order valence-corrected chi connectivity index (χ4v) is 2.19. The van der Waals surface area contributed by atoms with Gasteiger partial charge < -0.3 is 10.6 Å². The molecule has 2 aromatic carbocycles. The van der Waals surface area contributed by atoms with Gasteiger partial charge in [0.05, 0.1) is 0 Å². The van der Waals surface area contributed by atoms with Crippen LogP contribution >= 0.6 is 0 Å². The van der Waals surface area contributed by atoms with Crippen LogP contribution in [0.15, 0.2) is 42.5 Å². The lowest BCUT2D eigenvalue weighted by molar-refractivity contribution is 0.0951. The van der Waals surface area contributed by atoms with Gasteiger partial charge in [-0.2, -0.15) is 0 Å². The molecule has 0 heterocycles. The topological polar surface area (TPSA) is 41.1 Å². The zero-order valence-corrected chi connectivity index (χ0v) is 12.2. The van der Waals surface area contributed by atoms with Crippen LogP contribution in [0, 0.1) is 13.8 Å². The van der Waals surface area contributed by atoms with Crippen molar-refractivity contribution in [2.75, 3.05) is 12.4 Å². The van der Waals surface area contributed by atoms with E-state index in [-0.39, 0.29) is 5.91 Å². The summed E-state index contributed by atoms with van der Waals surface area (Å²) in [5.41, 5.74) is 5.11. The molecular formula is C17H20N2O. The number of rotatable bonds is 4. The number of nitrogens with one attached hydrogen (secondary N) is 2. The molecule has 20 heavy (non-hydrogen) atoms. The molecule has 0 bridgehead atoms. The van der Waals surface area contributed by atoms with E-state index in [9.17, 15) is 4.79 Å². The van der Waals surface area contributed by atoms with E-state index in [4.69, 9.17) is 0 Å². The monoisotopic (exact) mass is 268 g/mol. The summed E-state index contributed by atoms with van der Waals surface area (Å²) >= 11 is 0. The van der Waals surface area contributed by atoms with Crippen LogP contribution in [0.25, 0.3) is 0 Å². The Hall–Kier alpha value is -2.29. The lowest BCUT2D eigenvalue weighted by Crippen LogP contribution is -2.22. The first-order chi connectivity index (χ1) is 9.60. The fraction of sp³-hybridized carbons (Fsp3) is 0.235. The molecule has 3 nitrogen and oxygen atoms in total. The van der Waals surface area contributed by atoms with E-state index >= 15 is 0 Å². The lowest BCUT2D eigenvalue weighted by Gasteiger charge is -2.09. The molecule has 0 aliphatic carbocycles. The van der Waals surface area contributed by atoms with Gasteiger partial charge in [-0.05, 0) is 43.2 Å². The number of hydrogen-bond acceptors (Lipinski definition) is 2. The molecule has 104 valence electrons. The first-order valence-electron chi connectivity index (χ1n) is 6.72. The molecule has 0 saturated carbocycles. The van der Waals surface area contributed by atoms with Crippen molar-refractivity contribution < 1.29 is 4.79 Å². The van der Waals surface area contributed by atoms with Gasteiger partial charge in [-0.1, -0.05) is 29.8 Å². The number of carbonyl (C=O) groups excluding carboxylic acids is 1. The molecule has 2 aromatic rings. The Balaban J connectivity index is 2.03. The quantitative estimate of drug-likeness (QED) is 0.893. The molecule has 0 unspecified atom stereocenters. The largest absolute Gasteiger partial charge is 0.388 e. The van der Waals surface area contributed by atoms with Gasteiger partial charge in [0, 0.05) is 24.8 Å². The smallest absolute Gasteiger partial charge is 0.251 e. The predicted octanol–water partition coefficient (Wildman–Crippen LogP) is 3.28. The highest BCUT2D eigenvalue weighted by Crippen LogP contribution is 2.15. The third kappa shape index (κ3) is 3.38. The van der Waals surface area contributed by atoms with Gasteiger partial charge in [0.15, 0.2) is 0 Å². The Labute approximate surface area is 120 Å². The summed E-state index contributed by atoms with van der Waals surface area (Å²) in [6, 6.07) is 13.8. The van der Waals surface area contributed by atoms with Crippen LogP contribution in [-0.2, 0) is 6.54 Å². The minimum Gasteiger partial charge on any atom is -0.388 e. The second-order valence-electron chi connectivity index (χ2n) is 4.95. The Bertz CT molecular complexity index is 620. The van der Waals surface area contributed by atoms with Gasteiger partial charge >= 0.3 is 0 Å². The molecular weight excluding hydrogens is 248 g/mol. The molecule has 0 aromatic heterocycles. The van der Waals surface area contributed by atoms with Gasteiger partial charge in [-0.25, -0.2) is 0 Å². The summed E-state index contributed by atoms with van der Waals surface area (Å²) in [6.07, 6.45) is 0. The number of carbonyl (C=O) groups is 1. The van der Waals surface area contributed by atoms with Crippen molar-refractivity contribution in [3.05, 3.63) is 64.7 Å². The summed E-state index contributed by atoms with van der Waals surface area (Å²) in [5, 5.41) is 6.04. The number of amides is 1. The summed E-state index contributed by atoms with van der Waals surface area (Å²) in [7, 11) is 1.87. The maximum atomic E-state index is 12.1. The predicted molar refractivity (Wildman–Crippen MR) is 83.1 cm³/mol. The van der Waals surface area contributed by atoms with Crippen molar-refractivity contribution in [3.63, 3.8) is 0 Å². The van der Waals surface area contributed by atoms with Crippen molar-refractivity contribution in [1.82, 2.24) is 5.32 Å². The number of aryl methyl sites for hydroxylation is 2. The number of anilines is 1. The highest BCUT2D eigenvalue weighted by molar-refractivity contribution is 5.94. The van der Waals surface area contributed by atoms with Crippen LogP contribution in [0.2, 0.25) is 0 Å². The molecule has 0 saturated heterocycles. The molecule has 0 aliphatic rings. The lowest BCUT2D eigenvalue weighted by atomic mass is 10.1. The van der Waals surface area contributed by atoms with Crippen molar-refractivity contribution in [2.45, 2.75) is 20.4 Å². The summed E-state index contributed by atoms with van der Waals surface area (Å²) in [4.78, 5) is 12.1. The minimum atomic E-state index is -0.0442. The van der Waals surface area contributed by atoms with E-state index in [1.807, 2.05) is 57.3 Å². The van der Waals surface area contributed by atoms with E-state index in [1.165, 1.54) is 5.56 Å². The third-order valence-electron chi connectivity index (χ3n) is 3.29. The highest BCUT2D eigenvalue weighted by atomic mass is 16.1. The second kappa shape index (κ2) is 6.24. The average Bonchev–Trinajstić information content (AvgIpc) is 2.44. The Kier molecular flexibility index (Phi) is 4.41. The van der Waals surface area contributed by atoms with Crippen LogP contribution in [0.3, 0.4) is 0 Å².